The molecule has 92 valence electrons. The van der Waals surface area contributed by atoms with Crippen molar-refractivity contribution in [3.05, 3.63) is 24.0 Å². The molecule has 0 aromatic carbocycles. The Morgan fingerprint density at radius 1 is 1.65 bits per heavy atom. The SMILES string of the molecule is C=CCOC(=O)NCc1nnn(C)c1C(=O)O. The number of aromatic carboxylic acids is 1. The number of aromatic nitrogens is 3. The lowest BCUT2D eigenvalue weighted by molar-refractivity contribution is 0.0683. The van der Waals surface area contributed by atoms with Crippen LogP contribution < -0.4 is 5.32 Å². The number of nitrogens with one attached hydrogen (secondary N) is 1. The van der Waals surface area contributed by atoms with Gasteiger partial charge in [-0.1, -0.05) is 17.9 Å². The molecule has 0 saturated heterocycles. The molecule has 1 heterocycles. The lowest BCUT2D eigenvalue weighted by Gasteiger charge is -2.03. The van der Waals surface area contributed by atoms with Crippen molar-refractivity contribution in [3.63, 3.8) is 0 Å². The lowest BCUT2D eigenvalue weighted by atomic mass is 10.3. The number of rotatable bonds is 5. The molecule has 1 amide bonds. The molecule has 0 aliphatic carbocycles. The third-order valence-corrected chi connectivity index (χ3v) is 1.83. The first-order chi connectivity index (χ1) is 8.06. The number of alkyl carbamates (subject to hydrolysis) is 1. The minimum Gasteiger partial charge on any atom is -0.476 e. The molecule has 0 bridgehead atoms. The van der Waals surface area contributed by atoms with Crippen LogP contribution in [0.15, 0.2) is 12.7 Å². The van der Waals surface area contributed by atoms with Gasteiger partial charge in [0.1, 0.15) is 12.3 Å². The Morgan fingerprint density at radius 2 is 2.35 bits per heavy atom. The van der Waals surface area contributed by atoms with Gasteiger partial charge in [-0.25, -0.2) is 14.3 Å². The summed E-state index contributed by atoms with van der Waals surface area (Å²) >= 11 is 0. The smallest absolute Gasteiger partial charge is 0.407 e. The average Bonchev–Trinajstić information content (AvgIpc) is 2.65. The van der Waals surface area contributed by atoms with Crippen molar-refractivity contribution >= 4 is 12.1 Å². The Balaban J connectivity index is 2.60. The monoisotopic (exact) mass is 240 g/mol. The molecular formula is C9H12N4O4. The van der Waals surface area contributed by atoms with Crippen LogP contribution in [0.4, 0.5) is 4.79 Å². The third-order valence-electron chi connectivity index (χ3n) is 1.83. The first-order valence-electron chi connectivity index (χ1n) is 4.69. The first-order valence-corrected chi connectivity index (χ1v) is 4.69. The van der Waals surface area contributed by atoms with E-state index in [-0.39, 0.29) is 24.5 Å². The topological polar surface area (TPSA) is 106 Å². The van der Waals surface area contributed by atoms with Crippen LogP contribution in [-0.4, -0.2) is 38.8 Å². The molecule has 1 aromatic heterocycles. The van der Waals surface area contributed by atoms with E-state index in [0.29, 0.717) is 0 Å². The van der Waals surface area contributed by atoms with E-state index in [0.717, 1.165) is 4.68 Å². The quantitative estimate of drug-likeness (QED) is 0.697. The van der Waals surface area contributed by atoms with Crippen LogP contribution in [0.3, 0.4) is 0 Å². The summed E-state index contributed by atoms with van der Waals surface area (Å²) in [4.78, 5) is 21.9. The van der Waals surface area contributed by atoms with Gasteiger partial charge in [0.2, 0.25) is 0 Å². The highest BCUT2D eigenvalue weighted by atomic mass is 16.5. The van der Waals surface area contributed by atoms with Crippen molar-refractivity contribution in [2.75, 3.05) is 6.61 Å². The van der Waals surface area contributed by atoms with E-state index in [1.807, 2.05) is 0 Å². The number of hydrogen-bond donors (Lipinski definition) is 2. The zero-order chi connectivity index (χ0) is 12.8. The van der Waals surface area contributed by atoms with Crippen LogP contribution in [0, 0.1) is 0 Å². The van der Waals surface area contributed by atoms with Crippen molar-refractivity contribution in [1.82, 2.24) is 20.3 Å². The van der Waals surface area contributed by atoms with Crippen molar-refractivity contribution < 1.29 is 19.4 Å². The van der Waals surface area contributed by atoms with Crippen LogP contribution >= 0.6 is 0 Å². The van der Waals surface area contributed by atoms with Crippen molar-refractivity contribution in [2.24, 2.45) is 7.05 Å². The highest BCUT2D eigenvalue weighted by Gasteiger charge is 2.17. The summed E-state index contributed by atoms with van der Waals surface area (Å²) in [7, 11) is 1.45. The van der Waals surface area contributed by atoms with Gasteiger partial charge in [0.15, 0.2) is 5.69 Å². The summed E-state index contributed by atoms with van der Waals surface area (Å²) in [5, 5.41) is 18.4. The zero-order valence-electron chi connectivity index (χ0n) is 9.21. The third kappa shape index (κ3) is 3.30. The van der Waals surface area contributed by atoms with Gasteiger partial charge in [0, 0.05) is 7.05 Å². The van der Waals surface area contributed by atoms with E-state index < -0.39 is 12.1 Å². The molecule has 0 atom stereocenters. The summed E-state index contributed by atoms with van der Waals surface area (Å²) in [6.07, 6.45) is 0.747. The second kappa shape index (κ2) is 5.64. The van der Waals surface area contributed by atoms with Crippen molar-refractivity contribution in [2.45, 2.75) is 6.54 Å². The fourth-order valence-corrected chi connectivity index (χ4v) is 1.12. The van der Waals surface area contributed by atoms with E-state index >= 15 is 0 Å². The number of carboxylic acid groups (broad SMARTS) is 1. The molecule has 0 unspecified atom stereocenters. The normalized spacial score (nSPS) is 9.71. The molecule has 8 heteroatoms. The van der Waals surface area contributed by atoms with Crippen LogP contribution in [0.2, 0.25) is 0 Å². The molecule has 1 rings (SSSR count). The average molecular weight is 240 g/mol. The largest absolute Gasteiger partial charge is 0.476 e. The highest BCUT2D eigenvalue weighted by Crippen LogP contribution is 2.03. The molecule has 0 spiro atoms. The van der Waals surface area contributed by atoms with Gasteiger partial charge < -0.3 is 15.2 Å². The molecule has 0 aliphatic heterocycles. The van der Waals surface area contributed by atoms with Gasteiger partial charge in [-0.2, -0.15) is 0 Å². The fraction of sp³-hybridized carbons (Fsp3) is 0.333. The summed E-state index contributed by atoms with van der Waals surface area (Å²) in [5.74, 6) is -1.16. The van der Waals surface area contributed by atoms with Gasteiger partial charge in [-0.15, -0.1) is 5.10 Å². The molecule has 0 radical (unpaired) electrons. The van der Waals surface area contributed by atoms with Gasteiger partial charge in [-0.05, 0) is 0 Å². The number of carbonyl (C=O) groups is 2. The second-order valence-electron chi connectivity index (χ2n) is 3.05. The maximum absolute atomic E-state index is 11.1. The second-order valence-corrected chi connectivity index (χ2v) is 3.05. The number of nitrogens with zero attached hydrogens (tertiary/aromatic N) is 3. The standard InChI is InChI=1S/C9H12N4O4/c1-3-4-17-9(16)10-5-6-7(8(14)15)13(2)12-11-6/h3H,1,4-5H2,2H3,(H,10,16)(H,14,15). The van der Waals surface area contributed by atoms with Gasteiger partial charge in [-0.3, -0.25) is 0 Å². The van der Waals surface area contributed by atoms with Gasteiger partial charge >= 0.3 is 12.1 Å². The van der Waals surface area contributed by atoms with E-state index in [2.05, 4.69) is 26.9 Å². The molecule has 1 aromatic rings. The molecule has 0 saturated carbocycles. The Labute approximate surface area is 96.9 Å². The minimum atomic E-state index is -1.16. The van der Waals surface area contributed by atoms with Crippen LogP contribution in [0.5, 0.6) is 0 Å². The Morgan fingerprint density at radius 3 is 2.94 bits per heavy atom. The zero-order valence-corrected chi connectivity index (χ0v) is 9.21. The maximum atomic E-state index is 11.1. The number of carbonyl (C=O) groups excluding carboxylic acids is 1. The Kier molecular flexibility index (Phi) is 4.21. The summed E-state index contributed by atoms with van der Waals surface area (Å²) in [5.41, 5.74) is 0.0876. The molecule has 8 nitrogen and oxygen atoms in total. The first kappa shape index (κ1) is 12.7. The predicted molar refractivity (Wildman–Crippen MR) is 56.3 cm³/mol. The molecular weight excluding hydrogens is 228 g/mol. The molecule has 17 heavy (non-hydrogen) atoms. The van der Waals surface area contributed by atoms with Crippen LogP contribution in [0.25, 0.3) is 0 Å². The maximum Gasteiger partial charge on any atom is 0.407 e. The summed E-state index contributed by atoms with van der Waals surface area (Å²) in [6, 6.07) is 0. The van der Waals surface area contributed by atoms with Crippen LogP contribution in [-0.2, 0) is 18.3 Å². The van der Waals surface area contributed by atoms with Gasteiger partial charge in [0.25, 0.3) is 0 Å². The number of hydrogen-bond acceptors (Lipinski definition) is 5. The predicted octanol–water partition coefficient (Wildman–Crippen LogP) is -0.0745. The Bertz CT molecular complexity index is 440. The number of carboxylic acids is 1. The lowest BCUT2D eigenvalue weighted by Crippen LogP contribution is -2.25. The molecule has 2 N–H and O–H groups in total. The number of ether oxygens (including phenoxy) is 1. The van der Waals surface area contributed by atoms with E-state index in [4.69, 9.17) is 5.11 Å². The number of aryl methyl sites for hydroxylation is 1. The minimum absolute atomic E-state index is 0.0640. The summed E-state index contributed by atoms with van der Waals surface area (Å²) < 4.78 is 5.77. The van der Waals surface area contributed by atoms with Crippen molar-refractivity contribution in [3.8, 4) is 0 Å². The van der Waals surface area contributed by atoms with E-state index in [9.17, 15) is 9.59 Å². The molecule has 0 aliphatic rings. The van der Waals surface area contributed by atoms with Crippen molar-refractivity contribution in [1.29, 1.82) is 0 Å². The fourth-order valence-electron chi connectivity index (χ4n) is 1.12. The molecule has 0 fully saturated rings. The number of amides is 1. The van der Waals surface area contributed by atoms with Crippen LogP contribution in [0.1, 0.15) is 16.2 Å². The highest BCUT2D eigenvalue weighted by molar-refractivity contribution is 5.86. The van der Waals surface area contributed by atoms with E-state index in [1.165, 1.54) is 13.1 Å². The van der Waals surface area contributed by atoms with Gasteiger partial charge in [0.05, 0.1) is 6.54 Å². The summed E-state index contributed by atoms with van der Waals surface area (Å²) in [6.45, 7) is 3.40. The Hall–Kier alpha value is -2.38. The van der Waals surface area contributed by atoms with E-state index in [1.54, 1.807) is 0 Å².